The Morgan fingerprint density at radius 3 is 2.54 bits per heavy atom. The van der Waals surface area contributed by atoms with Crippen LogP contribution in [0, 0.1) is 0 Å². The number of nitrogens with zero attached hydrogens (tertiary/aromatic N) is 2. The molecule has 2 aromatic carbocycles. The summed E-state index contributed by atoms with van der Waals surface area (Å²) < 4.78 is 10.9. The molecule has 1 amide bonds. The minimum absolute atomic E-state index is 0.231. The Bertz CT molecular complexity index is 1050. The number of aromatic amines is 1. The molecule has 0 saturated carbocycles. The fourth-order valence-electron chi connectivity index (χ4n) is 3.06. The van der Waals surface area contributed by atoms with E-state index in [-0.39, 0.29) is 17.2 Å². The minimum Gasteiger partial charge on any atom is -0.493 e. The number of carbonyl (C=O) groups is 1. The largest absolute Gasteiger partial charge is 0.493 e. The maximum absolute atomic E-state index is 13.1. The van der Waals surface area contributed by atoms with Crippen molar-refractivity contribution in [1.82, 2.24) is 15.1 Å². The summed E-state index contributed by atoms with van der Waals surface area (Å²) >= 11 is 0. The Kier molecular flexibility index (Phi) is 5.93. The topological polar surface area (TPSA) is 84.5 Å². The van der Waals surface area contributed by atoms with E-state index in [9.17, 15) is 9.59 Å². The summed E-state index contributed by atoms with van der Waals surface area (Å²) in [6.07, 6.45) is 0. The molecule has 3 rings (SSSR count). The van der Waals surface area contributed by atoms with Gasteiger partial charge in [-0.2, -0.15) is 5.10 Å². The molecule has 28 heavy (non-hydrogen) atoms. The molecule has 146 valence electrons. The number of amides is 1. The van der Waals surface area contributed by atoms with Crippen LogP contribution < -0.4 is 15.0 Å². The maximum Gasteiger partial charge on any atom is 0.275 e. The van der Waals surface area contributed by atoms with Gasteiger partial charge in [0.05, 0.1) is 19.1 Å². The SMILES string of the molecule is CCOc1ccc(CN(CC)C(=O)c2n[nH]c(=O)c3ccccc23)cc1OC. The number of carbonyl (C=O) groups excluding carboxylic acids is 1. The first-order valence-corrected chi connectivity index (χ1v) is 9.15. The van der Waals surface area contributed by atoms with Crippen LogP contribution in [0.4, 0.5) is 0 Å². The number of H-pyrrole nitrogens is 1. The van der Waals surface area contributed by atoms with Crippen LogP contribution in [0.1, 0.15) is 29.9 Å². The standard InChI is InChI=1S/C21H23N3O4/c1-4-24(13-14-10-11-17(28-5-2)18(12-14)27-3)21(26)19-15-8-6-7-9-16(15)20(25)23-22-19/h6-12H,4-5,13H2,1-3H3,(H,23,25). The van der Waals surface area contributed by atoms with Gasteiger partial charge in [-0.3, -0.25) is 9.59 Å². The van der Waals surface area contributed by atoms with E-state index in [0.717, 1.165) is 5.56 Å². The molecule has 1 heterocycles. The van der Waals surface area contributed by atoms with E-state index in [1.54, 1.807) is 36.3 Å². The van der Waals surface area contributed by atoms with E-state index in [1.165, 1.54) is 0 Å². The summed E-state index contributed by atoms with van der Waals surface area (Å²) in [6, 6.07) is 12.6. The zero-order valence-corrected chi connectivity index (χ0v) is 16.2. The molecule has 0 aliphatic rings. The molecule has 7 nitrogen and oxygen atoms in total. The van der Waals surface area contributed by atoms with Gasteiger partial charge in [0, 0.05) is 18.5 Å². The van der Waals surface area contributed by atoms with Crippen molar-refractivity contribution in [1.29, 1.82) is 0 Å². The Morgan fingerprint density at radius 2 is 1.86 bits per heavy atom. The first-order chi connectivity index (χ1) is 13.6. The number of hydrogen-bond donors (Lipinski definition) is 1. The van der Waals surface area contributed by atoms with Crippen LogP contribution in [0.2, 0.25) is 0 Å². The van der Waals surface area contributed by atoms with Crippen molar-refractivity contribution in [3.05, 3.63) is 64.1 Å². The molecule has 3 aromatic rings. The van der Waals surface area contributed by atoms with Crippen molar-refractivity contribution in [3.8, 4) is 11.5 Å². The maximum atomic E-state index is 13.1. The van der Waals surface area contributed by atoms with Crippen LogP contribution in [0.25, 0.3) is 10.8 Å². The van der Waals surface area contributed by atoms with E-state index >= 15 is 0 Å². The average Bonchev–Trinajstić information content (AvgIpc) is 2.73. The van der Waals surface area contributed by atoms with Crippen LogP contribution in [0.3, 0.4) is 0 Å². The summed E-state index contributed by atoms with van der Waals surface area (Å²) in [4.78, 5) is 26.8. The molecule has 0 aliphatic heterocycles. The van der Waals surface area contributed by atoms with Gasteiger partial charge >= 0.3 is 0 Å². The molecular formula is C21H23N3O4. The normalized spacial score (nSPS) is 10.7. The van der Waals surface area contributed by atoms with Crippen molar-refractivity contribution in [2.75, 3.05) is 20.3 Å². The van der Waals surface area contributed by atoms with E-state index in [1.807, 2.05) is 32.0 Å². The zero-order chi connectivity index (χ0) is 20.1. The third kappa shape index (κ3) is 3.83. The number of aromatic nitrogens is 2. The number of fused-ring (bicyclic) bond motifs is 1. The van der Waals surface area contributed by atoms with Crippen molar-refractivity contribution in [2.45, 2.75) is 20.4 Å². The lowest BCUT2D eigenvalue weighted by atomic mass is 10.1. The third-order valence-corrected chi connectivity index (χ3v) is 4.47. The van der Waals surface area contributed by atoms with E-state index in [4.69, 9.17) is 9.47 Å². The molecule has 0 unspecified atom stereocenters. The molecule has 0 atom stereocenters. The summed E-state index contributed by atoms with van der Waals surface area (Å²) in [6.45, 7) is 5.22. The lowest BCUT2D eigenvalue weighted by Crippen LogP contribution is -2.32. The average molecular weight is 381 g/mol. The lowest BCUT2D eigenvalue weighted by molar-refractivity contribution is 0.0747. The van der Waals surface area contributed by atoms with Gasteiger partial charge in [0.2, 0.25) is 0 Å². The Morgan fingerprint density at radius 1 is 1.11 bits per heavy atom. The molecule has 7 heteroatoms. The molecule has 0 radical (unpaired) electrons. The smallest absolute Gasteiger partial charge is 0.275 e. The highest BCUT2D eigenvalue weighted by atomic mass is 16.5. The zero-order valence-electron chi connectivity index (χ0n) is 16.2. The van der Waals surface area contributed by atoms with Gasteiger partial charge in [-0.25, -0.2) is 5.10 Å². The fraction of sp³-hybridized carbons (Fsp3) is 0.286. The van der Waals surface area contributed by atoms with E-state index in [2.05, 4.69) is 10.2 Å². The lowest BCUT2D eigenvalue weighted by Gasteiger charge is -2.21. The highest BCUT2D eigenvalue weighted by Crippen LogP contribution is 2.28. The highest BCUT2D eigenvalue weighted by molar-refractivity contribution is 6.04. The van der Waals surface area contributed by atoms with E-state index < -0.39 is 0 Å². The monoisotopic (exact) mass is 381 g/mol. The fourth-order valence-corrected chi connectivity index (χ4v) is 3.06. The van der Waals surface area contributed by atoms with Crippen LogP contribution in [0.15, 0.2) is 47.3 Å². The summed E-state index contributed by atoms with van der Waals surface area (Å²) in [7, 11) is 1.58. The molecule has 0 fully saturated rings. The molecule has 0 aliphatic carbocycles. The Labute approximate surface area is 162 Å². The molecule has 1 aromatic heterocycles. The molecule has 0 saturated heterocycles. The van der Waals surface area contributed by atoms with Crippen molar-refractivity contribution >= 4 is 16.7 Å². The van der Waals surface area contributed by atoms with Crippen LogP contribution in [-0.2, 0) is 6.54 Å². The van der Waals surface area contributed by atoms with Crippen molar-refractivity contribution < 1.29 is 14.3 Å². The predicted octanol–water partition coefficient (Wildman–Crippen LogP) is 2.99. The minimum atomic E-state index is -0.313. The van der Waals surface area contributed by atoms with Crippen molar-refractivity contribution in [2.24, 2.45) is 0 Å². The van der Waals surface area contributed by atoms with Gasteiger partial charge < -0.3 is 14.4 Å². The van der Waals surface area contributed by atoms with Gasteiger partial charge in [0.1, 0.15) is 0 Å². The molecule has 1 N–H and O–H groups in total. The van der Waals surface area contributed by atoms with Gasteiger partial charge in [-0.05, 0) is 37.6 Å². The molecule has 0 bridgehead atoms. The van der Waals surface area contributed by atoms with Crippen LogP contribution in [-0.4, -0.2) is 41.3 Å². The van der Waals surface area contributed by atoms with Gasteiger partial charge in [0.25, 0.3) is 11.5 Å². The first kappa shape index (κ1) is 19.4. The number of rotatable bonds is 7. The Balaban J connectivity index is 1.91. The summed E-state index contributed by atoms with van der Waals surface area (Å²) in [5, 5.41) is 7.42. The number of nitrogens with one attached hydrogen (secondary N) is 1. The quantitative estimate of drug-likeness (QED) is 0.680. The second-order valence-electron chi connectivity index (χ2n) is 6.18. The third-order valence-electron chi connectivity index (χ3n) is 4.47. The molecule has 0 spiro atoms. The van der Waals surface area contributed by atoms with Gasteiger partial charge in [-0.1, -0.05) is 24.3 Å². The number of methoxy groups -OCH3 is 1. The predicted molar refractivity (Wildman–Crippen MR) is 107 cm³/mol. The van der Waals surface area contributed by atoms with E-state index in [0.29, 0.717) is 42.0 Å². The van der Waals surface area contributed by atoms with Crippen LogP contribution in [0.5, 0.6) is 11.5 Å². The summed E-state index contributed by atoms with van der Waals surface area (Å²) in [5.74, 6) is 1.04. The number of hydrogen-bond acceptors (Lipinski definition) is 5. The van der Waals surface area contributed by atoms with Gasteiger partial charge in [0.15, 0.2) is 17.2 Å². The number of ether oxygens (including phenoxy) is 2. The van der Waals surface area contributed by atoms with Crippen LogP contribution >= 0.6 is 0 Å². The summed E-state index contributed by atoms with van der Waals surface area (Å²) in [5.41, 5.74) is 0.825. The first-order valence-electron chi connectivity index (χ1n) is 9.15. The number of benzene rings is 2. The highest BCUT2D eigenvalue weighted by Gasteiger charge is 2.20. The second-order valence-corrected chi connectivity index (χ2v) is 6.18. The second kappa shape index (κ2) is 8.56. The Hall–Kier alpha value is -3.35. The van der Waals surface area contributed by atoms with Crippen molar-refractivity contribution in [3.63, 3.8) is 0 Å². The van der Waals surface area contributed by atoms with Gasteiger partial charge in [-0.15, -0.1) is 0 Å². The molecular weight excluding hydrogens is 358 g/mol.